The minimum Gasteiger partial charge on any atom is -0.339 e. The van der Waals surface area contributed by atoms with Crippen LogP contribution in [0.5, 0.6) is 0 Å². The van der Waals surface area contributed by atoms with Crippen molar-refractivity contribution in [3.05, 3.63) is 83.5 Å². The monoisotopic (exact) mass is 404 g/mol. The average molecular weight is 404 g/mol. The normalized spacial score (nSPS) is 10.4. The number of benzene rings is 2. The van der Waals surface area contributed by atoms with Gasteiger partial charge in [0.25, 0.3) is 0 Å². The molecule has 0 saturated carbocycles. The van der Waals surface area contributed by atoms with E-state index in [0.29, 0.717) is 47.9 Å². The molecule has 1 aromatic heterocycles. The van der Waals surface area contributed by atoms with Crippen molar-refractivity contribution >= 4 is 5.91 Å². The van der Waals surface area contributed by atoms with Gasteiger partial charge in [0, 0.05) is 31.5 Å². The van der Waals surface area contributed by atoms with Crippen molar-refractivity contribution < 1.29 is 13.7 Å². The van der Waals surface area contributed by atoms with Crippen LogP contribution in [0.2, 0.25) is 0 Å². The van der Waals surface area contributed by atoms with Crippen LogP contribution in [0.3, 0.4) is 0 Å². The predicted octanol–water partition coefficient (Wildman–Crippen LogP) is 4.20. The summed E-state index contributed by atoms with van der Waals surface area (Å²) in [5.74, 6) is 0.340. The Kier molecular flexibility index (Phi) is 6.71. The van der Waals surface area contributed by atoms with E-state index in [9.17, 15) is 9.18 Å². The zero-order valence-electron chi connectivity index (χ0n) is 16.6. The second kappa shape index (κ2) is 9.61. The zero-order chi connectivity index (χ0) is 21.5. The number of aromatic nitrogens is 2. The molecule has 0 aliphatic carbocycles. The Morgan fingerprint density at radius 1 is 1.30 bits per heavy atom. The third-order valence-electron chi connectivity index (χ3n) is 4.60. The summed E-state index contributed by atoms with van der Waals surface area (Å²) in [6, 6.07) is 13.8. The first-order chi connectivity index (χ1) is 14.5. The summed E-state index contributed by atoms with van der Waals surface area (Å²) in [6.07, 6.45) is 2.17. The summed E-state index contributed by atoms with van der Waals surface area (Å²) < 4.78 is 18.7. The first-order valence-electron chi connectivity index (χ1n) is 9.47. The van der Waals surface area contributed by atoms with Crippen molar-refractivity contribution in [2.24, 2.45) is 0 Å². The first kappa shape index (κ1) is 20.9. The van der Waals surface area contributed by atoms with Gasteiger partial charge in [-0.15, -0.1) is 6.58 Å². The second-order valence-corrected chi connectivity index (χ2v) is 6.85. The maximum absolute atomic E-state index is 13.4. The van der Waals surface area contributed by atoms with Crippen molar-refractivity contribution in [3.8, 4) is 17.5 Å². The molecule has 1 amide bonds. The number of rotatable bonds is 8. The second-order valence-electron chi connectivity index (χ2n) is 6.85. The van der Waals surface area contributed by atoms with E-state index in [4.69, 9.17) is 9.78 Å². The standard InChI is InChI=1S/C23H21FN4O2/c1-3-12-28(15-18-6-4-17(14-25)5-7-18)22(29)11-10-21-26-23(27-30-21)19-8-9-20(24)16(2)13-19/h3-9,13H,1,10-12,15H2,2H3. The van der Waals surface area contributed by atoms with Crippen molar-refractivity contribution in [3.63, 3.8) is 0 Å². The van der Waals surface area contributed by atoms with Crippen LogP contribution in [0.25, 0.3) is 11.4 Å². The summed E-state index contributed by atoms with van der Waals surface area (Å²) in [5.41, 5.74) is 2.65. The smallest absolute Gasteiger partial charge is 0.227 e. The fraction of sp³-hybridized carbons (Fsp3) is 0.217. The summed E-state index contributed by atoms with van der Waals surface area (Å²) in [7, 11) is 0. The number of amides is 1. The largest absolute Gasteiger partial charge is 0.339 e. The van der Waals surface area contributed by atoms with Crippen LogP contribution in [0, 0.1) is 24.1 Å². The molecule has 152 valence electrons. The minimum atomic E-state index is -0.294. The molecule has 0 atom stereocenters. The van der Waals surface area contributed by atoms with Gasteiger partial charge in [-0.25, -0.2) is 4.39 Å². The van der Waals surface area contributed by atoms with Gasteiger partial charge in [0.05, 0.1) is 11.6 Å². The molecule has 0 aliphatic heterocycles. The Bertz CT molecular complexity index is 1080. The molecule has 0 fully saturated rings. The Labute approximate surface area is 174 Å². The van der Waals surface area contributed by atoms with E-state index in [2.05, 4.69) is 22.8 Å². The highest BCUT2D eigenvalue weighted by atomic mass is 19.1. The molecule has 30 heavy (non-hydrogen) atoms. The van der Waals surface area contributed by atoms with Crippen LogP contribution < -0.4 is 0 Å². The van der Waals surface area contributed by atoms with E-state index >= 15 is 0 Å². The number of hydrogen-bond donors (Lipinski definition) is 0. The Morgan fingerprint density at radius 3 is 2.73 bits per heavy atom. The van der Waals surface area contributed by atoms with Crippen LogP contribution >= 0.6 is 0 Å². The molecule has 0 bridgehead atoms. The van der Waals surface area contributed by atoms with Crippen LogP contribution in [0.1, 0.15) is 29.0 Å². The Hall–Kier alpha value is -3.79. The maximum Gasteiger partial charge on any atom is 0.227 e. The summed E-state index contributed by atoms with van der Waals surface area (Å²) in [6.45, 7) is 6.21. The van der Waals surface area contributed by atoms with E-state index in [1.54, 1.807) is 42.2 Å². The molecule has 2 aromatic carbocycles. The molecular weight excluding hydrogens is 383 g/mol. The highest BCUT2D eigenvalue weighted by molar-refractivity contribution is 5.76. The van der Waals surface area contributed by atoms with E-state index in [0.717, 1.165) is 5.56 Å². The van der Waals surface area contributed by atoms with Crippen molar-refractivity contribution in [2.75, 3.05) is 6.54 Å². The van der Waals surface area contributed by atoms with Gasteiger partial charge in [-0.3, -0.25) is 4.79 Å². The first-order valence-corrected chi connectivity index (χ1v) is 9.47. The molecule has 6 nitrogen and oxygen atoms in total. The van der Waals surface area contributed by atoms with Gasteiger partial charge >= 0.3 is 0 Å². The zero-order valence-corrected chi connectivity index (χ0v) is 16.6. The number of nitriles is 1. The topological polar surface area (TPSA) is 83.0 Å². The van der Waals surface area contributed by atoms with Crippen LogP contribution in [0.4, 0.5) is 4.39 Å². The Morgan fingerprint density at radius 2 is 2.07 bits per heavy atom. The maximum atomic E-state index is 13.4. The van der Waals surface area contributed by atoms with Gasteiger partial charge in [0.1, 0.15) is 5.82 Å². The summed E-state index contributed by atoms with van der Waals surface area (Å²) >= 11 is 0. The van der Waals surface area contributed by atoms with Crippen LogP contribution in [-0.4, -0.2) is 27.5 Å². The summed E-state index contributed by atoms with van der Waals surface area (Å²) in [5, 5.41) is 12.8. The molecule has 3 aromatic rings. The van der Waals surface area contributed by atoms with Gasteiger partial charge in [-0.2, -0.15) is 10.2 Å². The predicted molar refractivity (Wildman–Crippen MR) is 110 cm³/mol. The molecule has 0 unspecified atom stereocenters. The molecule has 0 saturated heterocycles. The Balaban J connectivity index is 1.62. The van der Waals surface area contributed by atoms with Gasteiger partial charge < -0.3 is 9.42 Å². The molecule has 3 rings (SSSR count). The molecular formula is C23H21FN4O2. The number of carbonyl (C=O) groups is 1. The SMILES string of the molecule is C=CCN(Cc1ccc(C#N)cc1)C(=O)CCc1nc(-c2ccc(F)c(C)c2)no1. The molecule has 1 heterocycles. The number of hydrogen-bond acceptors (Lipinski definition) is 5. The highest BCUT2D eigenvalue weighted by Crippen LogP contribution is 2.19. The van der Waals surface area contributed by atoms with Crippen molar-refractivity contribution in [1.29, 1.82) is 5.26 Å². The van der Waals surface area contributed by atoms with Crippen molar-refractivity contribution in [1.82, 2.24) is 15.0 Å². The lowest BCUT2D eigenvalue weighted by molar-refractivity contribution is -0.131. The van der Waals surface area contributed by atoms with E-state index in [-0.39, 0.29) is 18.1 Å². The third-order valence-corrected chi connectivity index (χ3v) is 4.60. The number of halogens is 1. The van der Waals surface area contributed by atoms with E-state index in [1.165, 1.54) is 6.07 Å². The molecule has 0 radical (unpaired) electrons. The lowest BCUT2D eigenvalue weighted by Crippen LogP contribution is -2.30. The highest BCUT2D eigenvalue weighted by Gasteiger charge is 2.16. The molecule has 0 N–H and O–H groups in total. The van der Waals surface area contributed by atoms with Crippen LogP contribution in [0.15, 0.2) is 59.6 Å². The number of nitrogens with zero attached hydrogens (tertiary/aromatic N) is 4. The average Bonchev–Trinajstić information content (AvgIpc) is 3.23. The minimum absolute atomic E-state index is 0.0726. The summed E-state index contributed by atoms with van der Waals surface area (Å²) in [4.78, 5) is 18.7. The fourth-order valence-corrected chi connectivity index (χ4v) is 2.94. The quantitative estimate of drug-likeness (QED) is 0.526. The van der Waals surface area contributed by atoms with Gasteiger partial charge in [-0.1, -0.05) is 23.4 Å². The van der Waals surface area contributed by atoms with Gasteiger partial charge in [0.15, 0.2) is 0 Å². The molecule has 0 spiro atoms. The van der Waals surface area contributed by atoms with Crippen LogP contribution in [-0.2, 0) is 17.8 Å². The molecule has 0 aliphatic rings. The number of carbonyl (C=O) groups excluding carboxylic acids is 1. The van der Waals surface area contributed by atoms with Crippen molar-refractivity contribution in [2.45, 2.75) is 26.3 Å². The lowest BCUT2D eigenvalue weighted by atomic mass is 10.1. The van der Waals surface area contributed by atoms with Gasteiger partial charge in [-0.05, 0) is 48.4 Å². The van der Waals surface area contributed by atoms with E-state index in [1.807, 2.05) is 12.1 Å². The lowest BCUT2D eigenvalue weighted by Gasteiger charge is -2.21. The third kappa shape index (κ3) is 5.17. The fourth-order valence-electron chi connectivity index (χ4n) is 2.94. The van der Waals surface area contributed by atoms with E-state index < -0.39 is 0 Å². The van der Waals surface area contributed by atoms with Gasteiger partial charge in [0.2, 0.25) is 17.6 Å². The number of aryl methyl sites for hydroxylation is 2. The molecule has 7 heteroatoms.